The molecule has 3 fully saturated rings. The predicted molar refractivity (Wildman–Crippen MR) is 50.9 cm³/mol. The third kappa shape index (κ3) is 1.27. The zero-order valence-corrected chi connectivity index (χ0v) is 8.00. The van der Waals surface area contributed by atoms with E-state index in [1.165, 1.54) is 32.4 Å². The third-order valence-electron chi connectivity index (χ3n) is 3.81. The van der Waals surface area contributed by atoms with Crippen LogP contribution in [-0.2, 0) is 0 Å². The van der Waals surface area contributed by atoms with Crippen molar-refractivity contribution < 1.29 is 0 Å². The Bertz CT molecular complexity index is 140. The molecule has 2 heteroatoms. The molecule has 3 rings (SSSR count). The highest BCUT2D eigenvalue weighted by molar-refractivity contribution is 4.92. The van der Waals surface area contributed by atoms with E-state index in [1.54, 1.807) is 0 Å². The lowest BCUT2D eigenvalue weighted by Gasteiger charge is -2.49. The summed E-state index contributed by atoms with van der Waals surface area (Å²) in [4.78, 5) is 2.61. The average molecular weight is 168 g/mol. The molecule has 3 heterocycles. The zero-order valence-electron chi connectivity index (χ0n) is 8.00. The van der Waals surface area contributed by atoms with E-state index in [0.717, 1.165) is 18.4 Å². The van der Waals surface area contributed by atoms with E-state index < -0.39 is 0 Å². The SMILES string of the molecule is CC[C@@H]1CN2CC[C@H]1C[C@H]2CN. The zero-order chi connectivity index (χ0) is 8.55. The maximum Gasteiger partial charge on any atom is 0.0221 e. The molecule has 3 aliphatic heterocycles. The number of hydrogen-bond donors (Lipinski definition) is 1. The molecule has 12 heavy (non-hydrogen) atoms. The van der Waals surface area contributed by atoms with Crippen LogP contribution in [0.4, 0.5) is 0 Å². The molecule has 0 aromatic heterocycles. The first-order valence-corrected chi connectivity index (χ1v) is 5.29. The summed E-state index contributed by atoms with van der Waals surface area (Å²) in [5, 5.41) is 0. The second kappa shape index (κ2) is 3.35. The van der Waals surface area contributed by atoms with Crippen LogP contribution in [0.2, 0.25) is 0 Å². The third-order valence-corrected chi connectivity index (χ3v) is 3.81. The molecule has 0 radical (unpaired) electrons. The Morgan fingerprint density at radius 3 is 2.83 bits per heavy atom. The van der Waals surface area contributed by atoms with Gasteiger partial charge in [-0.1, -0.05) is 13.3 Å². The van der Waals surface area contributed by atoms with Gasteiger partial charge in [-0.05, 0) is 31.2 Å². The topological polar surface area (TPSA) is 29.3 Å². The van der Waals surface area contributed by atoms with Crippen molar-refractivity contribution in [1.82, 2.24) is 4.90 Å². The second-order valence-corrected chi connectivity index (χ2v) is 4.34. The summed E-state index contributed by atoms with van der Waals surface area (Å²) in [7, 11) is 0. The van der Waals surface area contributed by atoms with E-state index in [1.807, 2.05) is 0 Å². The average Bonchev–Trinajstić information content (AvgIpc) is 2.18. The van der Waals surface area contributed by atoms with Gasteiger partial charge in [-0.15, -0.1) is 0 Å². The fourth-order valence-corrected chi connectivity index (χ4v) is 2.96. The summed E-state index contributed by atoms with van der Waals surface area (Å²) in [6.45, 7) is 5.82. The highest BCUT2D eigenvalue weighted by Crippen LogP contribution is 2.37. The first-order chi connectivity index (χ1) is 5.85. The molecule has 0 spiro atoms. The standard InChI is InChI=1S/C10H20N2/c1-2-8-7-12-4-3-9(8)5-10(12)6-11/h8-10H,2-7,11H2,1H3/t8-,9+,10+/m1/s1. The number of hydrogen-bond acceptors (Lipinski definition) is 2. The van der Waals surface area contributed by atoms with Crippen LogP contribution in [0.15, 0.2) is 0 Å². The van der Waals surface area contributed by atoms with E-state index in [4.69, 9.17) is 5.73 Å². The molecule has 70 valence electrons. The first kappa shape index (κ1) is 8.52. The molecule has 3 saturated heterocycles. The van der Waals surface area contributed by atoms with E-state index in [2.05, 4.69) is 11.8 Å². The van der Waals surface area contributed by atoms with Gasteiger partial charge in [0, 0.05) is 19.1 Å². The fraction of sp³-hybridized carbons (Fsp3) is 1.00. The molecule has 0 aromatic carbocycles. The molecule has 3 aliphatic rings. The van der Waals surface area contributed by atoms with Crippen molar-refractivity contribution in [3.05, 3.63) is 0 Å². The van der Waals surface area contributed by atoms with E-state index >= 15 is 0 Å². The normalized spacial score (nSPS) is 46.5. The monoisotopic (exact) mass is 168 g/mol. The summed E-state index contributed by atoms with van der Waals surface area (Å²) >= 11 is 0. The highest BCUT2D eigenvalue weighted by Gasteiger charge is 2.38. The first-order valence-electron chi connectivity index (χ1n) is 5.29. The Morgan fingerprint density at radius 1 is 1.50 bits per heavy atom. The van der Waals surface area contributed by atoms with Crippen molar-refractivity contribution in [2.45, 2.75) is 32.2 Å². The number of nitrogens with two attached hydrogens (primary N) is 1. The van der Waals surface area contributed by atoms with Crippen LogP contribution in [0.25, 0.3) is 0 Å². The van der Waals surface area contributed by atoms with Crippen molar-refractivity contribution >= 4 is 0 Å². The minimum Gasteiger partial charge on any atom is -0.329 e. The summed E-state index contributed by atoms with van der Waals surface area (Å²) in [6.07, 6.45) is 4.16. The Hall–Kier alpha value is -0.0800. The van der Waals surface area contributed by atoms with Gasteiger partial charge >= 0.3 is 0 Å². The lowest BCUT2D eigenvalue weighted by atomic mass is 9.74. The van der Waals surface area contributed by atoms with E-state index in [9.17, 15) is 0 Å². The fourth-order valence-electron chi connectivity index (χ4n) is 2.96. The molecule has 0 saturated carbocycles. The molecule has 2 bridgehead atoms. The van der Waals surface area contributed by atoms with Crippen molar-refractivity contribution in [2.75, 3.05) is 19.6 Å². The smallest absolute Gasteiger partial charge is 0.0221 e. The van der Waals surface area contributed by atoms with Crippen LogP contribution >= 0.6 is 0 Å². The van der Waals surface area contributed by atoms with Gasteiger partial charge in [0.05, 0.1) is 0 Å². The summed E-state index contributed by atoms with van der Waals surface area (Å²) in [6, 6.07) is 0.714. The molecule has 0 amide bonds. The maximum atomic E-state index is 5.74. The van der Waals surface area contributed by atoms with Crippen LogP contribution in [0.1, 0.15) is 26.2 Å². The van der Waals surface area contributed by atoms with Crippen LogP contribution in [0.3, 0.4) is 0 Å². The lowest BCUT2D eigenvalue weighted by molar-refractivity contribution is 0.00372. The molecule has 0 aromatic rings. The van der Waals surface area contributed by atoms with Crippen LogP contribution in [0.5, 0.6) is 0 Å². The number of fused-ring (bicyclic) bond motifs is 3. The minimum absolute atomic E-state index is 0.714. The van der Waals surface area contributed by atoms with Crippen LogP contribution < -0.4 is 5.73 Å². The largest absolute Gasteiger partial charge is 0.329 e. The molecular weight excluding hydrogens is 148 g/mol. The summed E-state index contributed by atoms with van der Waals surface area (Å²) in [5.41, 5.74) is 5.74. The Balaban J connectivity index is 2.01. The quantitative estimate of drug-likeness (QED) is 0.668. The Kier molecular flexibility index (Phi) is 2.37. The van der Waals surface area contributed by atoms with Gasteiger partial charge in [0.1, 0.15) is 0 Å². The Labute approximate surface area is 75.1 Å². The highest BCUT2D eigenvalue weighted by atomic mass is 15.2. The number of piperidine rings is 3. The molecular formula is C10H20N2. The molecule has 1 unspecified atom stereocenters. The molecule has 4 atom stereocenters. The van der Waals surface area contributed by atoms with Gasteiger partial charge in [0.2, 0.25) is 0 Å². The lowest BCUT2D eigenvalue weighted by Crippen LogP contribution is -2.55. The van der Waals surface area contributed by atoms with Gasteiger partial charge in [0.25, 0.3) is 0 Å². The van der Waals surface area contributed by atoms with Crippen LogP contribution in [0, 0.1) is 11.8 Å². The molecule has 0 aliphatic carbocycles. The predicted octanol–water partition coefficient (Wildman–Crippen LogP) is 1.07. The summed E-state index contributed by atoms with van der Waals surface area (Å²) < 4.78 is 0. The Morgan fingerprint density at radius 2 is 2.33 bits per heavy atom. The van der Waals surface area contributed by atoms with Gasteiger partial charge in [-0.2, -0.15) is 0 Å². The number of rotatable bonds is 2. The van der Waals surface area contributed by atoms with Gasteiger partial charge in [-0.25, -0.2) is 0 Å². The molecule has 2 nitrogen and oxygen atoms in total. The van der Waals surface area contributed by atoms with Crippen molar-refractivity contribution in [3.8, 4) is 0 Å². The summed E-state index contributed by atoms with van der Waals surface area (Å²) in [5.74, 6) is 1.97. The maximum absolute atomic E-state index is 5.74. The minimum atomic E-state index is 0.714. The van der Waals surface area contributed by atoms with E-state index in [-0.39, 0.29) is 0 Å². The van der Waals surface area contributed by atoms with Gasteiger partial charge in [0.15, 0.2) is 0 Å². The van der Waals surface area contributed by atoms with Crippen molar-refractivity contribution in [1.29, 1.82) is 0 Å². The van der Waals surface area contributed by atoms with E-state index in [0.29, 0.717) is 6.04 Å². The molecule has 2 N–H and O–H groups in total. The second-order valence-electron chi connectivity index (χ2n) is 4.34. The number of nitrogens with zero attached hydrogens (tertiary/aromatic N) is 1. The van der Waals surface area contributed by atoms with Crippen molar-refractivity contribution in [2.24, 2.45) is 17.6 Å². The van der Waals surface area contributed by atoms with Gasteiger partial charge < -0.3 is 5.73 Å². The van der Waals surface area contributed by atoms with Crippen molar-refractivity contribution in [3.63, 3.8) is 0 Å². The van der Waals surface area contributed by atoms with Crippen LogP contribution in [-0.4, -0.2) is 30.6 Å². The van der Waals surface area contributed by atoms with Gasteiger partial charge in [-0.3, -0.25) is 4.90 Å².